The Bertz CT molecular complexity index is 364. The van der Waals surface area contributed by atoms with E-state index in [4.69, 9.17) is 39.6 Å². The monoisotopic (exact) mass is 396 g/mol. The summed E-state index contributed by atoms with van der Waals surface area (Å²) >= 11 is 21.0. The molecule has 1 fully saturated rings. The molecule has 0 saturated carbocycles. The third kappa shape index (κ3) is 7.22. The van der Waals surface area contributed by atoms with Gasteiger partial charge in [-0.1, -0.05) is 53.3 Å². The van der Waals surface area contributed by atoms with Crippen molar-refractivity contribution in [1.82, 2.24) is 4.31 Å². The molecule has 116 valence electrons. The van der Waals surface area contributed by atoms with Crippen LogP contribution in [0.15, 0.2) is 5.16 Å². The molecule has 0 bridgehead atoms. The first kappa shape index (κ1) is 18.9. The Morgan fingerprint density at radius 3 is 2.85 bits per heavy atom. The van der Waals surface area contributed by atoms with Crippen molar-refractivity contribution in [3.8, 4) is 0 Å². The van der Waals surface area contributed by atoms with Gasteiger partial charge in [0.1, 0.15) is 5.04 Å². The number of hydrogen-bond donors (Lipinski definition) is 0. The highest BCUT2D eigenvalue weighted by atomic mass is 35.6. The summed E-state index contributed by atoms with van der Waals surface area (Å²) in [7, 11) is 1.46. The molecule has 0 aromatic rings. The zero-order chi connectivity index (χ0) is 15.2. The van der Waals surface area contributed by atoms with Gasteiger partial charge in [-0.3, -0.25) is 4.84 Å². The van der Waals surface area contributed by atoms with Crippen molar-refractivity contribution in [3.63, 3.8) is 0 Å². The van der Waals surface area contributed by atoms with Crippen LogP contribution in [0.5, 0.6) is 0 Å². The molecule has 1 heterocycles. The van der Waals surface area contributed by atoms with Crippen LogP contribution >= 0.6 is 70.3 Å². The van der Waals surface area contributed by atoms with Crippen LogP contribution in [0.4, 0.5) is 4.79 Å². The number of nitrogens with zero attached hydrogens (tertiary/aromatic N) is 2. The molecule has 0 radical (unpaired) electrons. The van der Waals surface area contributed by atoms with Gasteiger partial charge in [-0.25, -0.2) is 9.10 Å². The number of rotatable bonds is 4. The molecule has 1 saturated heterocycles. The molecule has 1 unspecified atom stereocenters. The second-order valence-corrected chi connectivity index (χ2v) is 10.5. The fourth-order valence-electron chi connectivity index (χ4n) is 1.39. The first-order valence-electron chi connectivity index (χ1n) is 5.86. The number of alkyl halides is 3. The predicted octanol–water partition coefficient (Wildman–Crippen LogP) is 4.99. The van der Waals surface area contributed by atoms with Crippen molar-refractivity contribution in [3.05, 3.63) is 0 Å². The van der Waals surface area contributed by atoms with Crippen LogP contribution in [0.1, 0.15) is 19.8 Å². The normalized spacial score (nSPS) is 21.9. The highest BCUT2D eigenvalue weighted by Crippen LogP contribution is 2.40. The highest BCUT2D eigenvalue weighted by Gasteiger charge is 2.28. The van der Waals surface area contributed by atoms with E-state index in [1.54, 1.807) is 11.8 Å². The Kier molecular flexibility index (Phi) is 8.60. The lowest BCUT2D eigenvalue weighted by Gasteiger charge is -2.22. The summed E-state index contributed by atoms with van der Waals surface area (Å²) in [4.78, 5) is 16.6. The SMILES string of the molecule is CCCC1SCCSC1=NOC(=O)N(C)SC(Cl)(Cl)Cl. The smallest absolute Gasteiger partial charge is 0.296 e. The van der Waals surface area contributed by atoms with E-state index < -0.39 is 9.22 Å². The first-order chi connectivity index (χ1) is 9.33. The van der Waals surface area contributed by atoms with E-state index in [0.717, 1.165) is 45.6 Å². The number of hydrogen-bond acceptors (Lipinski definition) is 6. The zero-order valence-electron chi connectivity index (χ0n) is 11.0. The lowest BCUT2D eigenvalue weighted by atomic mass is 10.2. The number of halogens is 3. The molecule has 1 aliphatic rings. The quantitative estimate of drug-likeness (QED) is 0.289. The van der Waals surface area contributed by atoms with Gasteiger partial charge in [-0.05, 0) is 6.42 Å². The average molecular weight is 398 g/mol. The number of oxime groups is 1. The van der Waals surface area contributed by atoms with Gasteiger partial charge in [0, 0.05) is 30.5 Å². The Balaban J connectivity index is 2.54. The minimum Gasteiger partial charge on any atom is -0.296 e. The van der Waals surface area contributed by atoms with Crippen LogP contribution in [0, 0.1) is 0 Å². The largest absolute Gasteiger partial charge is 0.445 e. The minimum atomic E-state index is -1.61. The number of thioether (sulfide) groups is 2. The van der Waals surface area contributed by atoms with Crippen LogP contribution in [0.2, 0.25) is 0 Å². The molecule has 0 spiro atoms. The summed E-state index contributed by atoms with van der Waals surface area (Å²) in [6.07, 6.45) is 1.42. The molecular weight excluding hydrogens is 383 g/mol. The van der Waals surface area contributed by atoms with E-state index in [9.17, 15) is 4.79 Å². The van der Waals surface area contributed by atoms with E-state index >= 15 is 0 Å². The third-order valence-corrected chi connectivity index (χ3v) is 6.21. The van der Waals surface area contributed by atoms with Crippen LogP contribution in [-0.2, 0) is 4.84 Å². The minimum absolute atomic E-state index is 0.303. The summed E-state index contributed by atoms with van der Waals surface area (Å²) in [6.45, 7) is 2.12. The summed E-state index contributed by atoms with van der Waals surface area (Å²) < 4.78 is -0.506. The van der Waals surface area contributed by atoms with Crippen molar-refractivity contribution in [2.45, 2.75) is 28.1 Å². The summed E-state index contributed by atoms with van der Waals surface area (Å²) in [5.41, 5.74) is 0. The van der Waals surface area contributed by atoms with Gasteiger partial charge in [0.2, 0.25) is 0 Å². The molecule has 0 aromatic carbocycles. The average Bonchev–Trinajstić information content (AvgIpc) is 2.35. The van der Waals surface area contributed by atoms with Crippen LogP contribution < -0.4 is 0 Å². The van der Waals surface area contributed by atoms with E-state index in [1.807, 2.05) is 11.8 Å². The van der Waals surface area contributed by atoms with Crippen molar-refractivity contribution < 1.29 is 9.63 Å². The molecule has 20 heavy (non-hydrogen) atoms. The van der Waals surface area contributed by atoms with Gasteiger partial charge < -0.3 is 0 Å². The molecule has 0 aromatic heterocycles. The van der Waals surface area contributed by atoms with Gasteiger partial charge in [0.25, 0.3) is 3.12 Å². The molecular formula is C10H15Cl3N2O2S3. The molecule has 10 heteroatoms. The van der Waals surface area contributed by atoms with E-state index in [1.165, 1.54) is 7.05 Å². The standard InChI is InChI=1S/C10H15Cl3N2O2S3/c1-3-4-7-8(19-6-5-18-7)14-17-9(16)15(2)20-10(11,12)13/h7H,3-6H2,1-2H3. The lowest BCUT2D eigenvalue weighted by Crippen LogP contribution is -2.25. The van der Waals surface area contributed by atoms with E-state index in [2.05, 4.69) is 12.1 Å². The van der Waals surface area contributed by atoms with Gasteiger partial charge in [0.05, 0.1) is 5.25 Å². The molecule has 1 rings (SSSR count). The molecule has 0 N–H and O–H groups in total. The maximum absolute atomic E-state index is 11.7. The Morgan fingerprint density at radius 1 is 1.55 bits per heavy atom. The topological polar surface area (TPSA) is 41.9 Å². The molecule has 1 amide bonds. The van der Waals surface area contributed by atoms with Crippen molar-refractivity contribution in [1.29, 1.82) is 0 Å². The van der Waals surface area contributed by atoms with Gasteiger partial charge >= 0.3 is 6.09 Å². The van der Waals surface area contributed by atoms with Crippen LogP contribution in [0.3, 0.4) is 0 Å². The fraction of sp³-hybridized carbons (Fsp3) is 0.800. The Morgan fingerprint density at radius 2 is 2.25 bits per heavy atom. The van der Waals surface area contributed by atoms with Crippen molar-refractivity contribution >= 4 is 81.4 Å². The second kappa shape index (κ2) is 9.10. The van der Waals surface area contributed by atoms with Gasteiger partial charge in [-0.2, -0.15) is 11.8 Å². The van der Waals surface area contributed by atoms with Gasteiger partial charge in [0.15, 0.2) is 0 Å². The third-order valence-electron chi connectivity index (χ3n) is 2.19. The summed E-state index contributed by atoms with van der Waals surface area (Å²) in [5.74, 6) is 2.06. The Hall–Kier alpha value is 0.860. The van der Waals surface area contributed by atoms with Crippen LogP contribution in [-0.4, -0.2) is 42.4 Å². The van der Waals surface area contributed by atoms with E-state index in [-0.39, 0.29) is 0 Å². The molecule has 1 atom stereocenters. The Labute approximate surface area is 146 Å². The molecule has 1 aliphatic heterocycles. The fourth-order valence-corrected chi connectivity index (χ4v) is 5.34. The van der Waals surface area contributed by atoms with Crippen molar-refractivity contribution in [2.75, 3.05) is 18.6 Å². The van der Waals surface area contributed by atoms with Gasteiger partial charge in [-0.15, -0.1) is 11.8 Å². The van der Waals surface area contributed by atoms with Crippen molar-refractivity contribution in [2.24, 2.45) is 5.16 Å². The predicted molar refractivity (Wildman–Crippen MR) is 93.2 cm³/mol. The number of carbonyl (C=O) groups excluding carboxylic acids is 1. The summed E-state index contributed by atoms with van der Waals surface area (Å²) in [5, 5.41) is 5.11. The molecule has 0 aliphatic carbocycles. The molecule has 4 nitrogen and oxygen atoms in total. The summed E-state index contributed by atoms with van der Waals surface area (Å²) in [6, 6.07) is 0. The zero-order valence-corrected chi connectivity index (χ0v) is 15.7. The number of carbonyl (C=O) groups is 1. The number of amides is 1. The van der Waals surface area contributed by atoms with E-state index in [0.29, 0.717) is 5.25 Å². The first-order valence-corrected chi connectivity index (χ1v) is 9.80. The highest BCUT2D eigenvalue weighted by molar-refractivity contribution is 8.18. The maximum Gasteiger partial charge on any atom is 0.445 e. The van der Waals surface area contributed by atoms with Crippen LogP contribution in [0.25, 0.3) is 0 Å². The second-order valence-electron chi connectivity index (χ2n) is 3.82. The maximum atomic E-state index is 11.7. The lowest BCUT2D eigenvalue weighted by molar-refractivity contribution is 0.137.